The summed E-state index contributed by atoms with van der Waals surface area (Å²) in [4.78, 5) is 13.5. The van der Waals surface area contributed by atoms with E-state index in [4.69, 9.17) is 11.6 Å². The molecule has 1 aromatic heterocycles. The van der Waals surface area contributed by atoms with Crippen LogP contribution in [-0.4, -0.2) is 32.7 Å². The quantitative estimate of drug-likeness (QED) is 0.610. The fraction of sp³-hybridized carbons (Fsp3) is 0.0952. The van der Waals surface area contributed by atoms with Crippen molar-refractivity contribution in [1.82, 2.24) is 4.31 Å². The smallest absolute Gasteiger partial charge is 0.255 e. The lowest BCUT2D eigenvalue weighted by Gasteiger charge is -2.14. The summed E-state index contributed by atoms with van der Waals surface area (Å²) < 4.78 is 25.8. The van der Waals surface area contributed by atoms with Crippen LogP contribution in [0.4, 0.5) is 5.69 Å². The summed E-state index contributed by atoms with van der Waals surface area (Å²) in [6, 6.07) is 15.1. The van der Waals surface area contributed by atoms with Gasteiger partial charge >= 0.3 is 0 Å². The number of benzene rings is 2. The van der Waals surface area contributed by atoms with Crippen molar-refractivity contribution in [3.05, 3.63) is 81.0 Å². The van der Waals surface area contributed by atoms with E-state index in [0.29, 0.717) is 5.69 Å². The van der Waals surface area contributed by atoms with Crippen molar-refractivity contribution in [1.29, 1.82) is 0 Å². The predicted molar refractivity (Wildman–Crippen MR) is 117 cm³/mol. The Morgan fingerprint density at radius 1 is 1.07 bits per heavy atom. The van der Waals surface area contributed by atoms with Crippen molar-refractivity contribution in [3.8, 4) is 11.8 Å². The molecule has 1 amide bonds. The minimum atomic E-state index is -3.77. The molecule has 1 heterocycles. The molecule has 0 fully saturated rings. The number of thiophene rings is 1. The Kier molecular flexibility index (Phi) is 6.40. The van der Waals surface area contributed by atoms with Gasteiger partial charge in [-0.25, -0.2) is 12.7 Å². The van der Waals surface area contributed by atoms with Crippen molar-refractivity contribution in [2.75, 3.05) is 19.4 Å². The Bertz CT molecular complexity index is 1210. The highest BCUT2D eigenvalue weighted by atomic mass is 35.5. The average molecular weight is 445 g/mol. The molecule has 29 heavy (non-hydrogen) atoms. The zero-order valence-electron chi connectivity index (χ0n) is 15.6. The predicted octanol–water partition coefficient (Wildman–Crippen LogP) is 4.30. The van der Waals surface area contributed by atoms with E-state index in [-0.39, 0.29) is 15.5 Å². The minimum absolute atomic E-state index is 0.0566. The first kappa shape index (κ1) is 21.1. The number of carbonyl (C=O) groups excluding carboxylic acids is 1. The maximum Gasteiger partial charge on any atom is 0.255 e. The van der Waals surface area contributed by atoms with Crippen LogP contribution in [-0.2, 0) is 10.0 Å². The van der Waals surface area contributed by atoms with E-state index in [1.54, 1.807) is 29.5 Å². The van der Waals surface area contributed by atoms with Gasteiger partial charge in [0.15, 0.2) is 0 Å². The van der Waals surface area contributed by atoms with Crippen LogP contribution in [0.25, 0.3) is 0 Å². The molecular formula is C21H17ClN2O3S2. The third-order valence-corrected chi connectivity index (χ3v) is 7.01. The lowest BCUT2D eigenvalue weighted by molar-refractivity contribution is 0.102. The molecule has 2 aromatic carbocycles. The highest BCUT2D eigenvalue weighted by molar-refractivity contribution is 7.89. The Hall–Kier alpha value is -2.63. The summed E-state index contributed by atoms with van der Waals surface area (Å²) in [5.74, 6) is 5.68. The molecule has 0 spiro atoms. The van der Waals surface area contributed by atoms with Crippen molar-refractivity contribution >= 4 is 44.6 Å². The topological polar surface area (TPSA) is 66.5 Å². The van der Waals surface area contributed by atoms with Gasteiger partial charge in [-0.05, 0) is 47.8 Å². The van der Waals surface area contributed by atoms with Gasteiger partial charge in [0.05, 0.1) is 9.90 Å². The monoisotopic (exact) mass is 444 g/mol. The molecule has 0 saturated carbocycles. The maximum atomic E-state index is 12.6. The van der Waals surface area contributed by atoms with Gasteiger partial charge in [-0.15, -0.1) is 11.3 Å². The molecule has 3 aromatic rings. The van der Waals surface area contributed by atoms with E-state index in [9.17, 15) is 13.2 Å². The second kappa shape index (κ2) is 8.80. The van der Waals surface area contributed by atoms with Gasteiger partial charge in [0.1, 0.15) is 4.90 Å². The molecule has 0 aliphatic heterocycles. The molecule has 148 valence electrons. The van der Waals surface area contributed by atoms with E-state index >= 15 is 0 Å². The molecule has 0 aliphatic rings. The van der Waals surface area contributed by atoms with E-state index in [2.05, 4.69) is 17.2 Å². The lowest BCUT2D eigenvalue weighted by atomic mass is 10.1. The second-order valence-electron chi connectivity index (χ2n) is 6.19. The van der Waals surface area contributed by atoms with E-state index in [1.165, 1.54) is 32.3 Å². The van der Waals surface area contributed by atoms with Crippen LogP contribution in [0, 0.1) is 11.8 Å². The third-order valence-electron chi connectivity index (χ3n) is 3.92. The standard InChI is InChI=1S/C21H17ClN2O3S2/c1-24(2)29(26,27)20-14-16(9-11-19(20)22)21(25)23-17-6-3-5-15(13-17)8-10-18-7-4-12-28-18/h3-7,9,11-14H,1-2H3,(H,23,25). The van der Waals surface area contributed by atoms with Crippen LogP contribution in [0.15, 0.2) is 64.9 Å². The van der Waals surface area contributed by atoms with Gasteiger partial charge in [0, 0.05) is 30.9 Å². The van der Waals surface area contributed by atoms with Crippen LogP contribution in [0.2, 0.25) is 5.02 Å². The van der Waals surface area contributed by atoms with Gasteiger partial charge in [-0.1, -0.05) is 35.6 Å². The van der Waals surface area contributed by atoms with E-state index in [1.807, 2.05) is 23.6 Å². The zero-order chi connectivity index (χ0) is 21.0. The number of amides is 1. The summed E-state index contributed by atoms with van der Waals surface area (Å²) >= 11 is 7.59. The van der Waals surface area contributed by atoms with Crippen LogP contribution in [0.5, 0.6) is 0 Å². The number of hydrogen-bond donors (Lipinski definition) is 1. The number of nitrogens with zero attached hydrogens (tertiary/aromatic N) is 1. The molecule has 0 unspecified atom stereocenters. The minimum Gasteiger partial charge on any atom is -0.322 e. The molecule has 0 aliphatic carbocycles. The number of carbonyl (C=O) groups is 1. The molecular weight excluding hydrogens is 428 g/mol. The number of hydrogen-bond acceptors (Lipinski definition) is 4. The van der Waals surface area contributed by atoms with Crippen molar-refractivity contribution < 1.29 is 13.2 Å². The zero-order valence-corrected chi connectivity index (χ0v) is 18.0. The summed E-state index contributed by atoms with van der Waals surface area (Å²) in [6.45, 7) is 0. The molecule has 1 N–H and O–H groups in total. The normalized spacial score (nSPS) is 11.0. The average Bonchev–Trinajstić information content (AvgIpc) is 3.20. The SMILES string of the molecule is CN(C)S(=O)(=O)c1cc(C(=O)Nc2cccc(C#Cc3cccs3)c2)ccc1Cl. The number of halogens is 1. The summed E-state index contributed by atoms with van der Waals surface area (Å²) in [5, 5.41) is 4.78. The molecule has 8 heteroatoms. The Labute approximate surface area is 179 Å². The van der Waals surface area contributed by atoms with Gasteiger partial charge in [-0.3, -0.25) is 4.79 Å². The van der Waals surface area contributed by atoms with Gasteiger partial charge in [0.25, 0.3) is 5.91 Å². The van der Waals surface area contributed by atoms with Crippen molar-refractivity contribution in [2.24, 2.45) is 0 Å². The summed E-state index contributed by atoms with van der Waals surface area (Å²) in [7, 11) is -0.960. The summed E-state index contributed by atoms with van der Waals surface area (Å²) in [5.41, 5.74) is 1.49. The highest BCUT2D eigenvalue weighted by Gasteiger charge is 2.22. The lowest BCUT2D eigenvalue weighted by Crippen LogP contribution is -2.23. The van der Waals surface area contributed by atoms with E-state index < -0.39 is 15.9 Å². The molecule has 3 rings (SSSR count). The van der Waals surface area contributed by atoms with Gasteiger partial charge in [-0.2, -0.15) is 0 Å². The van der Waals surface area contributed by atoms with Crippen molar-refractivity contribution in [2.45, 2.75) is 4.90 Å². The van der Waals surface area contributed by atoms with Crippen LogP contribution >= 0.6 is 22.9 Å². The molecule has 0 bridgehead atoms. The first-order chi connectivity index (χ1) is 13.8. The number of rotatable bonds is 4. The second-order valence-corrected chi connectivity index (χ2v) is 9.67. The number of anilines is 1. The number of sulfonamides is 1. The summed E-state index contributed by atoms with van der Waals surface area (Å²) in [6.07, 6.45) is 0. The Morgan fingerprint density at radius 3 is 2.55 bits per heavy atom. The first-order valence-corrected chi connectivity index (χ1v) is 11.2. The van der Waals surface area contributed by atoms with Gasteiger partial charge < -0.3 is 5.32 Å². The van der Waals surface area contributed by atoms with Gasteiger partial charge in [0.2, 0.25) is 10.0 Å². The molecule has 5 nitrogen and oxygen atoms in total. The first-order valence-electron chi connectivity index (χ1n) is 8.46. The molecule has 0 saturated heterocycles. The Balaban J connectivity index is 1.83. The van der Waals surface area contributed by atoms with E-state index in [0.717, 1.165) is 14.7 Å². The highest BCUT2D eigenvalue weighted by Crippen LogP contribution is 2.25. The fourth-order valence-electron chi connectivity index (χ4n) is 2.40. The van der Waals surface area contributed by atoms with Crippen LogP contribution < -0.4 is 5.32 Å². The Morgan fingerprint density at radius 2 is 1.86 bits per heavy atom. The third kappa shape index (κ3) is 5.05. The van der Waals surface area contributed by atoms with Crippen molar-refractivity contribution in [3.63, 3.8) is 0 Å². The molecule has 0 atom stereocenters. The number of nitrogens with one attached hydrogen (secondary N) is 1. The maximum absolute atomic E-state index is 12.6. The fourth-order valence-corrected chi connectivity index (χ4v) is 4.37. The van der Waals surface area contributed by atoms with Crippen LogP contribution in [0.3, 0.4) is 0 Å². The molecule has 0 radical (unpaired) electrons. The largest absolute Gasteiger partial charge is 0.322 e. The van der Waals surface area contributed by atoms with Crippen LogP contribution in [0.1, 0.15) is 20.8 Å².